The second-order valence-corrected chi connectivity index (χ2v) is 7.96. The SMILES string of the molecule is CN(CC(=O)N1CCC(N2CCCC2C(N)=O)CC1)C(=O)c1ccc(Br)o1. The van der Waals surface area contributed by atoms with E-state index in [2.05, 4.69) is 20.8 Å². The molecule has 2 aliphatic rings. The van der Waals surface area contributed by atoms with Gasteiger partial charge in [0.25, 0.3) is 5.91 Å². The topological polar surface area (TPSA) is 100 Å². The number of carbonyl (C=O) groups is 3. The van der Waals surface area contributed by atoms with E-state index in [-0.39, 0.29) is 42.1 Å². The Morgan fingerprint density at radius 2 is 1.93 bits per heavy atom. The number of hydrogen-bond acceptors (Lipinski definition) is 5. The van der Waals surface area contributed by atoms with E-state index in [0.29, 0.717) is 17.8 Å². The minimum absolute atomic E-state index is 0.00937. The standard InChI is InChI=1S/C18H25BrN4O4/c1-21(18(26)14-4-5-15(19)27-14)11-16(24)22-9-6-12(7-10-22)23-8-2-3-13(23)17(20)25/h4-5,12-13H,2-3,6-11H2,1H3,(H2,20,25). The molecule has 3 heterocycles. The first-order chi connectivity index (χ1) is 12.9. The lowest BCUT2D eigenvalue weighted by Gasteiger charge is -2.39. The van der Waals surface area contributed by atoms with E-state index in [1.54, 1.807) is 24.1 Å². The molecule has 148 valence electrons. The number of rotatable bonds is 5. The molecule has 0 radical (unpaired) electrons. The predicted octanol–water partition coefficient (Wildman–Crippen LogP) is 1.05. The van der Waals surface area contributed by atoms with Crippen molar-refractivity contribution in [3.05, 3.63) is 22.6 Å². The van der Waals surface area contributed by atoms with Crippen LogP contribution in [-0.2, 0) is 9.59 Å². The summed E-state index contributed by atoms with van der Waals surface area (Å²) in [5.41, 5.74) is 5.51. The van der Waals surface area contributed by atoms with Crippen LogP contribution in [0.25, 0.3) is 0 Å². The highest BCUT2D eigenvalue weighted by Gasteiger charge is 2.36. The number of hydrogen-bond donors (Lipinski definition) is 1. The summed E-state index contributed by atoms with van der Waals surface area (Å²) >= 11 is 3.16. The zero-order valence-corrected chi connectivity index (χ0v) is 17.0. The van der Waals surface area contributed by atoms with Gasteiger partial charge in [-0.25, -0.2) is 0 Å². The van der Waals surface area contributed by atoms with Crippen molar-refractivity contribution in [3.63, 3.8) is 0 Å². The fourth-order valence-electron chi connectivity index (χ4n) is 3.97. The molecule has 9 heteroatoms. The molecular weight excluding hydrogens is 416 g/mol. The maximum Gasteiger partial charge on any atom is 0.289 e. The van der Waals surface area contributed by atoms with Crippen LogP contribution < -0.4 is 5.73 Å². The van der Waals surface area contributed by atoms with Crippen molar-refractivity contribution in [1.82, 2.24) is 14.7 Å². The van der Waals surface area contributed by atoms with Gasteiger partial charge in [-0.3, -0.25) is 19.3 Å². The molecule has 0 saturated carbocycles. The summed E-state index contributed by atoms with van der Waals surface area (Å²) in [4.78, 5) is 41.8. The average molecular weight is 441 g/mol. The maximum absolute atomic E-state index is 12.6. The first kappa shape index (κ1) is 19.9. The third-order valence-electron chi connectivity index (χ3n) is 5.41. The molecule has 8 nitrogen and oxygen atoms in total. The van der Waals surface area contributed by atoms with Gasteiger partial charge in [0.05, 0.1) is 12.6 Å². The smallest absolute Gasteiger partial charge is 0.289 e. The Morgan fingerprint density at radius 1 is 1.22 bits per heavy atom. The number of halogens is 1. The molecule has 0 aliphatic carbocycles. The molecule has 1 unspecified atom stereocenters. The molecule has 2 N–H and O–H groups in total. The molecule has 27 heavy (non-hydrogen) atoms. The second-order valence-electron chi connectivity index (χ2n) is 7.18. The fraction of sp³-hybridized carbons (Fsp3) is 0.611. The number of likely N-dealkylation sites (tertiary alicyclic amines) is 2. The Labute approximate surface area is 166 Å². The highest BCUT2D eigenvalue weighted by atomic mass is 79.9. The summed E-state index contributed by atoms with van der Waals surface area (Å²) < 4.78 is 5.73. The largest absolute Gasteiger partial charge is 0.444 e. The number of likely N-dealkylation sites (N-methyl/N-ethyl adjacent to an activating group) is 1. The molecule has 1 atom stereocenters. The number of nitrogens with two attached hydrogens (primary N) is 1. The summed E-state index contributed by atoms with van der Waals surface area (Å²) in [6.45, 7) is 2.15. The lowest BCUT2D eigenvalue weighted by atomic mass is 10.0. The Kier molecular flexibility index (Phi) is 6.21. The zero-order valence-electron chi connectivity index (χ0n) is 15.4. The molecule has 3 rings (SSSR count). The van der Waals surface area contributed by atoms with Gasteiger partial charge in [-0.2, -0.15) is 0 Å². The van der Waals surface area contributed by atoms with Gasteiger partial charge in [-0.1, -0.05) is 0 Å². The second kappa shape index (κ2) is 8.43. The highest BCUT2D eigenvalue weighted by Crippen LogP contribution is 2.26. The van der Waals surface area contributed by atoms with Crippen LogP contribution in [0.5, 0.6) is 0 Å². The van der Waals surface area contributed by atoms with Gasteiger partial charge in [0.2, 0.25) is 11.8 Å². The Hall–Kier alpha value is -1.87. The predicted molar refractivity (Wildman–Crippen MR) is 102 cm³/mol. The fourth-order valence-corrected chi connectivity index (χ4v) is 4.28. The van der Waals surface area contributed by atoms with Crippen LogP contribution in [0, 0.1) is 0 Å². The average Bonchev–Trinajstić information content (AvgIpc) is 3.30. The summed E-state index contributed by atoms with van der Waals surface area (Å²) in [6, 6.07) is 3.33. The van der Waals surface area contributed by atoms with Crippen molar-refractivity contribution in [2.75, 3.05) is 33.2 Å². The van der Waals surface area contributed by atoms with Gasteiger partial charge < -0.3 is 20.0 Å². The molecule has 3 amide bonds. The van der Waals surface area contributed by atoms with Crippen LogP contribution in [0.15, 0.2) is 21.2 Å². The maximum atomic E-state index is 12.6. The van der Waals surface area contributed by atoms with Crippen molar-refractivity contribution in [2.45, 2.75) is 37.8 Å². The lowest BCUT2D eigenvalue weighted by Crippen LogP contribution is -2.52. The van der Waals surface area contributed by atoms with Crippen molar-refractivity contribution in [1.29, 1.82) is 0 Å². The Bertz CT molecular complexity index is 714. The van der Waals surface area contributed by atoms with Crippen LogP contribution >= 0.6 is 15.9 Å². The molecule has 0 spiro atoms. The first-order valence-electron chi connectivity index (χ1n) is 9.20. The number of piperidine rings is 1. The van der Waals surface area contributed by atoms with Crippen LogP contribution in [0.1, 0.15) is 36.2 Å². The van der Waals surface area contributed by atoms with Crippen molar-refractivity contribution < 1.29 is 18.8 Å². The number of nitrogens with zero attached hydrogens (tertiary/aromatic N) is 3. The van der Waals surface area contributed by atoms with Crippen molar-refractivity contribution in [3.8, 4) is 0 Å². The molecule has 2 aliphatic heterocycles. The van der Waals surface area contributed by atoms with E-state index in [9.17, 15) is 14.4 Å². The monoisotopic (exact) mass is 440 g/mol. The van der Waals surface area contributed by atoms with E-state index >= 15 is 0 Å². The first-order valence-corrected chi connectivity index (χ1v) is 9.99. The minimum Gasteiger partial charge on any atom is -0.444 e. The normalized spacial score (nSPS) is 21.4. The summed E-state index contributed by atoms with van der Waals surface area (Å²) in [5, 5.41) is 0. The molecule has 0 bridgehead atoms. The van der Waals surface area contributed by atoms with Gasteiger partial charge in [0.1, 0.15) is 0 Å². The summed E-state index contributed by atoms with van der Waals surface area (Å²) in [7, 11) is 1.59. The quantitative estimate of drug-likeness (QED) is 0.737. The van der Waals surface area contributed by atoms with Crippen LogP contribution in [0.3, 0.4) is 0 Å². The molecule has 1 aromatic rings. The van der Waals surface area contributed by atoms with E-state index in [1.807, 2.05) is 0 Å². The van der Waals surface area contributed by atoms with E-state index in [1.165, 1.54) is 4.90 Å². The number of amides is 3. The van der Waals surface area contributed by atoms with Gasteiger partial charge in [0, 0.05) is 26.2 Å². The Balaban J connectivity index is 1.49. The van der Waals surface area contributed by atoms with E-state index < -0.39 is 0 Å². The van der Waals surface area contributed by atoms with E-state index in [4.69, 9.17) is 10.2 Å². The molecule has 0 aromatic carbocycles. The zero-order chi connectivity index (χ0) is 19.6. The third kappa shape index (κ3) is 4.52. The lowest BCUT2D eigenvalue weighted by molar-refractivity contribution is -0.134. The van der Waals surface area contributed by atoms with Gasteiger partial charge in [-0.15, -0.1) is 0 Å². The number of primary amides is 1. The highest BCUT2D eigenvalue weighted by molar-refractivity contribution is 9.10. The van der Waals surface area contributed by atoms with Crippen molar-refractivity contribution >= 4 is 33.7 Å². The van der Waals surface area contributed by atoms with Gasteiger partial charge in [-0.05, 0) is 60.3 Å². The molecule has 1 aromatic heterocycles. The van der Waals surface area contributed by atoms with Gasteiger partial charge >= 0.3 is 0 Å². The van der Waals surface area contributed by atoms with Gasteiger partial charge in [0.15, 0.2) is 10.4 Å². The molecule has 2 saturated heterocycles. The number of carbonyl (C=O) groups excluding carboxylic acids is 3. The summed E-state index contributed by atoms with van der Waals surface area (Å²) in [6.07, 6.45) is 3.45. The van der Waals surface area contributed by atoms with Crippen LogP contribution in [-0.4, -0.2) is 77.7 Å². The number of furan rings is 1. The van der Waals surface area contributed by atoms with Crippen LogP contribution in [0.4, 0.5) is 0 Å². The summed E-state index contributed by atoms with van der Waals surface area (Å²) in [5.74, 6) is -0.466. The Morgan fingerprint density at radius 3 is 2.52 bits per heavy atom. The van der Waals surface area contributed by atoms with E-state index in [0.717, 1.165) is 32.2 Å². The van der Waals surface area contributed by atoms with Crippen LogP contribution in [0.2, 0.25) is 0 Å². The molecular formula is C18H25BrN4O4. The third-order valence-corrected chi connectivity index (χ3v) is 5.84. The molecule has 2 fully saturated rings. The van der Waals surface area contributed by atoms with Crippen molar-refractivity contribution in [2.24, 2.45) is 5.73 Å². The minimum atomic E-state index is -0.328.